The number of nitrogens with zero attached hydrogens (tertiary/aromatic N) is 1. The number of hydrogen-bond acceptors (Lipinski definition) is 6. The Morgan fingerprint density at radius 3 is 2.69 bits per heavy atom. The fourth-order valence-corrected chi connectivity index (χ4v) is 3.26. The lowest BCUT2D eigenvalue weighted by Crippen LogP contribution is -2.14. The molecule has 0 aliphatic rings. The predicted octanol–water partition coefficient (Wildman–Crippen LogP) is 3.71. The molecule has 1 amide bonds. The first-order chi connectivity index (χ1) is 12.6. The predicted molar refractivity (Wildman–Crippen MR) is 101 cm³/mol. The number of phenolic OH excluding ortho intramolecular Hbond substituents is 1. The largest absolute Gasteiger partial charge is 0.508 e. The molecule has 0 unspecified atom stereocenters. The van der Waals surface area contributed by atoms with Crippen LogP contribution in [0.1, 0.15) is 5.69 Å². The van der Waals surface area contributed by atoms with Gasteiger partial charge in [-0.25, -0.2) is 4.98 Å². The van der Waals surface area contributed by atoms with E-state index in [1.165, 1.54) is 17.4 Å². The highest BCUT2D eigenvalue weighted by atomic mass is 32.1. The summed E-state index contributed by atoms with van der Waals surface area (Å²) in [6.45, 7) is 0. The monoisotopic (exact) mass is 370 g/mol. The van der Waals surface area contributed by atoms with Crippen molar-refractivity contribution in [3.05, 3.63) is 53.5 Å². The summed E-state index contributed by atoms with van der Waals surface area (Å²) in [6, 6.07) is 12.0. The summed E-state index contributed by atoms with van der Waals surface area (Å²) in [5.74, 6) is 1.19. The Balaban J connectivity index is 1.70. The third-order valence-corrected chi connectivity index (χ3v) is 4.59. The lowest BCUT2D eigenvalue weighted by Gasteiger charge is -2.08. The number of ether oxygens (including phenoxy) is 2. The van der Waals surface area contributed by atoms with Crippen molar-refractivity contribution in [1.29, 1.82) is 0 Å². The molecule has 3 aromatic rings. The number of phenols is 1. The molecule has 0 atom stereocenters. The van der Waals surface area contributed by atoms with Crippen LogP contribution in [0.3, 0.4) is 0 Å². The Labute approximate surface area is 155 Å². The first-order valence-corrected chi connectivity index (χ1v) is 8.72. The van der Waals surface area contributed by atoms with E-state index < -0.39 is 0 Å². The Hall–Kier alpha value is -3.06. The van der Waals surface area contributed by atoms with Gasteiger partial charge in [0.1, 0.15) is 10.8 Å². The molecule has 3 rings (SSSR count). The molecule has 0 bridgehead atoms. The number of carbonyl (C=O) groups excluding carboxylic acids is 1. The Morgan fingerprint density at radius 2 is 1.96 bits per heavy atom. The number of hydrogen-bond donors (Lipinski definition) is 2. The standard InChI is InChI=1S/C19H18N2O4S/c1-24-16-7-6-12(8-17(16)25-2)19-21-14(11-26-19)10-18(23)20-13-4-3-5-15(22)9-13/h3-9,11,22H,10H2,1-2H3,(H,20,23). The summed E-state index contributed by atoms with van der Waals surface area (Å²) in [4.78, 5) is 16.7. The van der Waals surface area contributed by atoms with E-state index in [-0.39, 0.29) is 18.1 Å². The summed E-state index contributed by atoms with van der Waals surface area (Å²) in [7, 11) is 3.17. The molecule has 26 heavy (non-hydrogen) atoms. The van der Waals surface area contributed by atoms with Crippen molar-refractivity contribution in [2.75, 3.05) is 19.5 Å². The number of thiazole rings is 1. The van der Waals surface area contributed by atoms with Crippen LogP contribution < -0.4 is 14.8 Å². The van der Waals surface area contributed by atoms with Crippen LogP contribution in [-0.2, 0) is 11.2 Å². The molecule has 0 radical (unpaired) electrons. The van der Waals surface area contributed by atoms with E-state index in [2.05, 4.69) is 10.3 Å². The van der Waals surface area contributed by atoms with Gasteiger partial charge in [-0.1, -0.05) is 6.07 Å². The van der Waals surface area contributed by atoms with Crippen LogP contribution >= 0.6 is 11.3 Å². The highest BCUT2D eigenvalue weighted by Crippen LogP contribution is 2.33. The fraction of sp³-hybridized carbons (Fsp3) is 0.158. The smallest absolute Gasteiger partial charge is 0.230 e. The molecule has 0 saturated heterocycles. The van der Waals surface area contributed by atoms with Crippen molar-refractivity contribution in [2.45, 2.75) is 6.42 Å². The molecule has 2 aromatic carbocycles. The third kappa shape index (κ3) is 4.12. The second kappa shape index (κ2) is 7.88. The summed E-state index contributed by atoms with van der Waals surface area (Å²) in [6.07, 6.45) is 0.152. The minimum Gasteiger partial charge on any atom is -0.508 e. The summed E-state index contributed by atoms with van der Waals surface area (Å²) < 4.78 is 10.6. The van der Waals surface area contributed by atoms with E-state index in [0.717, 1.165) is 10.6 Å². The second-order valence-electron chi connectivity index (χ2n) is 5.49. The highest BCUT2D eigenvalue weighted by molar-refractivity contribution is 7.13. The van der Waals surface area contributed by atoms with Gasteiger partial charge < -0.3 is 19.9 Å². The van der Waals surface area contributed by atoms with Gasteiger partial charge in [0.15, 0.2) is 11.5 Å². The zero-order valence-electron chi connectivity index (χ0n) is 14.4. The average Bonchev–Trinajstić information content (AvgIpc) is 3.09. The maximum Gasteiger partial charge on any atom is 0.230 e. The number of aromatic nitrogens is 1. The van der Waals surface area contributed by atoms with E-state index in [1.54, 1.807) is 32.4 Å². The number of benzene rings is 2. The van der Waals surface area contributed by atoms with Gasteiger partial charge in [0, 0.05) is 22.7 Å². The minimum absolute atomic E-state index is 0.104. The van der Waals surface area contributed by atoms with E-state index in [4.69, 9.17) is 9.47 Å². The Kier molecular flexibility index (Phi) is 5.38. The van der Waals surface area contributed by atoms with Gasteiger partial charge >= 0.3 is 0 Å². The second-order valence-corrected chi connectivity index (χ2v) is 6.35. The lowest BCUT2D eigenvalue weighted by atomic mass is 10.2. The molecule has 0 fully saturated rings. The lowest BCUT2D eigenvalue weighted by molar-refractivity contribution is -0.115. The number of amides is 1. The molecule has 7 heteroatoms. The van der Waals surface area contributed by atoms with Crippen molar-refractivity contribution in [3.63, 3.8) is 0 Å². The summed E-state index contributed by atoms with van der Waals surface area (Å²) in [5, 5.41) is 14.8. The molecular weight excluding hydrogens is 352 g/mol. The van der Waals surface area contributed by atoms with Gasteiger partial charge in [-0.05, 0) is 30.3 Å². The maximum absolute atomic E-state index is 12.2. The van der Waals surface area contributed by atoms with Crippen LogP contribution in [0.15, 0.2) is 47.8 Å². The van der Waals surface area contributed by atoms with Crippen LogP contribution in [-0.4, -0.2) is 30.2 Å². The Morgan fingerprint density at radius 1 is 1.15 bits per heavy atom. The van der Waals surface area contributed by atoms with Crippen molar-refractivity contribution < 1.29 is 19.4 Å². The van der Waals surface area contributed by atoms with Gasteiger partial charge in [0.25, 0.3) is 0 Å². The number of anilines is 1. The van der Waals surface area contributed by atoms with Crippen molar-refractivity contribution in [3.8, 4) is 27.8 Å². The molecule has 1 aromatic heterocycles. The first-order valence-electron chi connectivity index (χ1n) is 7.84. The minimum atomic E-state index is -0.195. The number of aromatic hydroxyl groups is 1. The molecule has 0 spiro atoms. The first kappa shape index (κ1) is 17.8. The van der Waals surface area contributed by atoms with Crippen LogP contribution in [0.4, 0.5) is 5.69 Å². The van der Waals surface area contributed by atoms with Gasteiger partial charge in [0.2, 0.25) is 5.91 Å². The van der Waals surface area contributed by atoms with Crippen LogP contribution in [0.5, 0.6) is 17.2 Å². The molecule has 6 nitrogen and oxygen atoms in total. The third-order valence-electron chi connectivity index (χ3n) is 3.65. The molecule has 0 aliphatic heterocycles. The van der Waals surface area contributed by atoms with Gasteiger partial charge in [-0.3, -0.25) is 4.79 Å². The van der Waals surface area contributed by atoms with E-state index >= 15 is 0 Å². The van der Waals surface area contributed by atoms with E-state index in [9.17, 15) is 9.90 Å². The number of nitrogens with one attached hydrogen (secondary N) is 1. The fourth-order valence-electron chi connectivity index (χ4n) is 2.44. The van der Waals surface area contributed by atoms with Crippen LogP contribution in [0.2, 0.25) is 0 Å². The Bertz CT molecular complexity index is 923. The van der Waals surface area contributed by atoms with Crippen molar-refractivity contribution in [1.82, 2.24) is 4.98 Å². The van der Waals surface area contributed by atoms with E-state index in [1.807, 2.05) is 23.6 Å². The number of carbonyl (C=O) groups is 1. The van der Waals surface area contributed by atoms with Crippen LogP contribution in [0, 0.1) is 0 Å². The SMILES string of the molecule is COc1ccc(-c2nc(CC(=O)Nc3cccc(O)c3)cs2)cc1OC. The molecule has 0 aliphatic carbocycles. The van der Waals surface area contributed by atoms with Crippen molar-refractivity contribution >= 4 is 22.9 Å². The van der Waals surface area contributed by atoms with Gasteiger partial charge in [-0.15, -0.1) is 11.3 Å². The quantitative estimate of drug-likeness (QED) is 0.691. The maximum atomic E-state index is 12.2. The number of methoxy groups -OCH3 is 2. The molecule has 1 heterocycles. The van der Waals surface area contributed by atoms with Gasteiger partial charge in [-0.2, -0.15) is 0 Å². The molecule has 0 saturated carbocycles. The molecule has 2 N–H and O–H groups in total. The van der Waals surface area contributed by atoms with Gasteiger partial charge in [0.05, 0.1) is 26.3 Å². The highest BCUT2D eigenvalue weighted by Gasteiger charge is 2.12. The summed E-state index contributed by atoms with van der Waals surface area (Å²) in [5.41, 5.74) is 2.12. The topological polar surface area (TPSA) is 80.7 Å². The zero-order chi connectivity index (χ0) is 18.5. The average molecular weight is 370 g/mol. The van der Waals surface area contributed by atoms with E-state index in [0.29, 0.717) is 22.9 Å². The zero-order valence-corrected chi connectivity index (χ0v) is 15.2. The normalized spacial score (nSPS) is 10.4. The van der Waals surface area contributed by atoms with Crippen molar-refractivity contribution in [2.24, 2.45) is 0 Å². The van der Waals surface area contributed by atoms with Crippen LogP contribution in [0.25, 0.3) is 10.6 Å². The molecular formula is C19H18N2O4S. The summed E-state index contributed by atoms with van der Waals surface area (Å²) >= 11 is 1.46. The molecule has 134 valence electrons. The number of rotatable bonds is 6.